The molecule has 0 aromatic heterocycles. The maximum Gasteiger partial charge on any atom is 0.255 e. The standard InChI is InChI=1S/C22H33N3O3/c1-2-28-20-7-4-3-6-19(20)22(27)23-13-5-8-21(26)25-14-11-18(12-15-25)24-16-17-9-10-17/h3-4,6-7,17-18,24H,2,5,8-16H2,1H3,(H,23,27). The molecule has 0 bridgehead atoms. The Bertz CT molecular complexity index is 652. The van der Waals surface area contributed by atoms with E-state index in [2.05, 4.69) is 10.6 Å². The third-order valence-electron chi connectivity index (χ3n) is 5.52. The molecule has 0 atom stereocenters. The number of hydrogen-bond donors (Lipinski definition) is 2. The fourth-order valence-corrected chi connectivity index (χ4v) is 3.62. The Balaban J connectivity index is 1.31. The van der Waals surface area contributed by atoms with E-state index in [1.807, 2.05) is 24.0 Å². The minimum atomic E-state index is -0.154. The molecule has 2 fully saturated rings. The van der Waals surface area contributed by atoms with Gasteiger partial charge in [0.05, 0.1) is 12.2 Å². The maximum atomic E-state index is 12.4. The second kappa shape index (κ2) is 10.5. The average molecular weight is 388 g/mol. The van der Waals surface area contributed by atoms with Gasteiger partial charge in [0.25, 0.3) is 5.91 Å². The van der Waals surface area contributed by atoms with Gasteiger partial charge >= 0.3 is 0 Å². The number of ether oxygens (including phenoxy) is 1. The SMILES string of the molecule is CCOc1ccccc1C(=O)NCCCC(=O)N1CCC(NCC2CC2)CC1. The zero-order valence-corrected chi connectivity index (χ0v) is 16.9. The highest BCUT2D eigenvalue weighted by atomic mass is 16.5. The first-order valence-corrected chi connectivity index (χ1v) is 10.7. The highest BCUT2D eigenvalue weighted by molar-refractivity contribution is 5.96. The lowest BCUT2D eigenvalue weighted by Crippen LogP contribution is -2.45. The van der Waals surface area contributed by atoms with E-state index < -0.39 is 0 Å². The molecule has 1 aromatic carbocycles. The van der Waals surface area contributed by atoms with Gasteiger partial charge in [-0.3, -0.25) is 9.59 Å². The topological polar surface area (TPSA) is 70.7 Å². The van der Waals surface area contributed by atoms with E-state index in [1.54, 1.807) is 12.1 Å². The summed E-state index contributed by atoms with van der Waals surface area (Å²) < 4.78 is 5.50. The van der Waals surface area contributed by atoms with E-state index >= 15 is 0 Å². The van der Waals surface area contributed by atoms with Crippen LogP contribution in [0.25, 0.3) is 0 Å². The molecule has 3 rings (SSSR count). The quantitative estimate of drug-likeness (QED) is 0.606. The second-order valence-electron chi connectivity index (χ2n) is 7.80. The lowest BCUT2D eigenvalue weighted by Gasteiger charge is -2.32. The van der Waals surface area contributed by atoms with Gasteiger partial charge in [-0.25, -0.2) is 0 Å². The van der Waals surface area contributed by atoms with E-state index in [-0.39, 0.29) is 11.8 Å². The minimum Gasteiger partial charge on any atom is -0.493 e. The molecule has 1 aliphatic heterocycles. The number of likely N-dealkylation sites (tertiary alicyclic amines) is 1. The Morgan fingerprint density at radius 2 is 1.89 bits per heavy atom. The molecule has 6 nitrogen and oxygen atoms in total. The zero-order valence-electron chi connectivity index (χ0n) is 16.9. The molecule has 1 heterocycles. The molecule has 2 N–H and O–H groups in total. The van der Waals surface area contributed by atoms with Gasteiger partial charge < -0.3 is 20.3 Å². The summed E-state index contributed by atoms with van der Waals surface area (Å²) in [5.74, 6) is 1.54. The van der Waals surface area contributed by atoms with Crippen molar-refractivity contribution < 1.29 is 14.3 Å². The summed E-state index contributed by atoms with van der Waals surface area (Å²) in [5, 5.41) is 6.54. The second-order valence-corrected chi connectivity index (χ2v) is 7.80. The number of para-hydroxylation sites is 1. The number of nitrogens with zero attached hydrogens (tertiary/aromatic N) is 1. The number of nitrogens with one attached hydrogen (secondary N) is 2. The first-order valence-electron chi connectivity index (χ1n) is 10.7. The van der Waals surface area contributed by atoms with Crippen molar-refractivity contribution in [2.75, 3.05) is 32.8 Å². The van der Waals surface area contributed by atoms with Crippen molar-refractivity contribution in [3.63, 3.8) is 0 Å². The fraction of sp³-hybridized carbons (Fsp3) is 0.636. The van der Waals surface area contributed by atoms with Crippen molar-refractivity contribution in [2.45, 2.75) is 51.5 Å². The molecule has 2 aliphatic rings. The third kappa shape index (κ3) is 6.23. The summed E-state index contributed by atoms with van der Waals surface area (Å²) in [5.41, 5.74) is 0.538. The lowest BCUT2D eigenvalue weighted by molar-refractivity contribution is -0.132. The number of piperidine rings is 1. The van der Waals surface area contributed by atoms with E-state index in [0.717, 1.165) is 38.4 Å². The van der Waals surface area contributed by atoms with Gasteiger partial charge in [0, 0.05) is 32.1 Å². The molecule has 6 heteroatoms. The van der Waals surface area contributed by atoms with Gasteiger partial charge in [0.2, 0.25) is 5.91 Å². The molecule has 0 unspecified atom stereocenters. The Morgan fingerprint density at radius 1 is 1.14 bits per heavy atom. The van der Waals surface area contributed by atoms with Crippen LogP contribution in [0.3, 0.4) is 0 Å². The van der Waals surface area contributed by atoms with Gasteiger partial charge in [-0.1, -0.05) is 12.1 Å². The van der Waals surface area contributed by atoms with Gasteiger partial charge in [-0.2, -0.15) is 0 Å². The Morgan fingerprint density at radius 3 is 2.61 bits per heavy atom. The third-order valence-corrected chi connectivity index (χ3v) is 5.52. The number of benzene rings is 1. The highest BCUT2D eigenvalue weighted by Gasteiger charge is 2.25. The molecular weight excluding hydrogens is 354 g/mol. The van der Waals surface area contributed by atoms with Crippen molar-refractivity contribution in [2.24, 2.45) is 5.92 Å². The molecule has 1 saturated carbocycles. The van der Waals surface area contributed by atoms with E-state index in [1.165, 1.54) is 12.8 Å². The fourth-order valence-electron chi connectivity index (χ4n) is 3.62. The van der Waals surface area contributed by atoms with Crippen LogP contribution in [0.15, 0.2) is 24.3 Å². The van der Waals surface area contributed by atoms with Crippen molar-refractivity contribution in [1.29, 1.82) is 0 Å². The predicted octanol–water partition coefficient (Wildman–Crippen LogP) is 2.59. The molecule has 0 spiro atoms. The number of carbonyl (C=O) groups excluding carboxylic acids is 2. The van der Waals surface area contributed by atoms with Crippen LogP contribution >= 0.6 is 0 Å². The molecule has 1 aromatic rings. The summed E-state index contributed by atoms with van der Waals surface area (Å²) >= 11 is 0. The summed E-state index contributed by atoms with van der Waals surface area (Å²) in [6.07, 6.45) is 5.97. The molecule has 0 radical (unpaired) electrons. The van der Waals surface area contributed by atoms with E-state index in [0.29, 0.717) is 43.3 Å². The molecular formula is C22H33N3O3. The first kappa shape index (κ1) is 20.6. The highest BCUT2D eigenvalue weighted by Crippen LogP contribution is 2.28. The Hall–Kier alpha value is -2.08. The summed E-state index contributed by atoms with van der Waals surface area (Å²) in [6, 6.07) is 7.79. The number of hydrogen-bond acceptors (Lipinski definition) is 4. The van der Waals surface area contributed by atoms with Crippen LogP contribution in [0.2, 0.25) is 0 Å². The van der Waals surface area contributed by atoms with Crippen LogP contribution in [0.1, 0.15) is 55.8 Å². The maximum absolute atomic E-state index is 12.4. The predicted molar refractivity (Wildman–Crippen MR) is 110 cm³/mol. The summed E-state index contributed by atoms with van der Waals surface area (Å²) in [7, 11) is 0. The number of rotatable bonds is 10. The molecule has 154 valence electrons. The summed E-state index contributed by atoms with van der Waals surface area (Å²) in [4.78, 5) is 26.7. The lowest BCUT2D eigenvalue weighted by atomic mass is 10.0. The monoisotopic (exact) mass is 387 g/mol. The van der Waals surface area contributed by atoms with Crippen molar-refractivity contribution in [3.8, 4) is 5.75 Å². The van der Waals surface area contributed by atoms with E-state index in [4.69, 9.17) is 4.74 Å². The Kier molecular flexibility index (Phi) is 7.71. The van der Waals surface area contributed by atoms with Gasteiger partial charge in [0.1, 0.15) is 5.75 Å². The van der Waals surface area contributed by atoms with E-state index in [9.17, 15) is 9.59 Å². The average Bonchev–Trinajstić information content (AvgIpc) is 3.55. The van der Waals surface area contributed by atoms with Gasteiger partial charge in [0.15, 0.2) is 0 Å². The van der Waals surface area contributed by atoms with Crippen LogP contribution in [-0.4, -0.2) is 55.5 Å². The van der Waals surface area contributed by atoms with Crippen LogP contribution in [-0.2, 0) is 4.79 Å². The minimum absolute atomic E-state index is 0.154. The number of amides is 2. The van der Waals surface area contributed by atoms with Crippen molar-refractivity contribution >= 4 is 11.8 Å². The molecule has 1 saturated heterocycles. The van der Waals surface area contributed by atoms with Crippen LogP contribution in [0.4, 0.5) is 0 Å². The largest absolute Gasteiger partial charge is 0.493 e. The van der Waals surface area contributed by atoms with Crippen molar-refractivity contribution in [1.82, 2.24) is 15.5 Å². The van der Waals surface area contributed by atoms with Crippen molar-refractivity contribution in [3.05, 3.63) is 29.8 Å². The first-order chi connectivity index (χ1) is 13.7. The Labute approximate surface area is 168 Å². The van der Waals surface area contributed by atoms with Gasteiger partial charge in [-0.15, -0.1) is 0 Å². The van der Waals surface area contributed by atoms with Crippen LogP contribution < -0.4 is 15.4 Å². The molecule has 2 amide bonds. The zero-order chi connectivity index (χ0) is 19.8. The number of carbonyl (C=O) groups is 2. The summed E-state index contributed by atoms with van der Waals surface area (Å²) in [6.45, 7) is 5.73. The smallest absolute Gasteiger partial charge is 0.255 e. The van der Waals surface area contributed by atoms with Gasteiger partial charge in [-0.05, 0) is 63.6 Å². The normalized spacial score (nSPS) is 17.4. The van der Waals surface area contributed by atoms with Crippen LogP contribution in [0, 0.1) is 5.92 Å². The molecule has 28 heavy (non-hydrogen) atoms. The molecule has 1 aliphatic carbocycles. The van der Waals surface area contributed by atoms with Crippen LogP contribution in [0.5, 0.6) is 5.75 Å².